The van der Waals surface area contributed by atoms with Gasteiger partial charge in [-0.1, -0.05) is 30.3 Å². The highest BCUT2D eigenvalue weighted by atomic mass is 16.1. The molecule has 0 aliphatic carbocycles. The van der Waals surface area contributed by atoms with Gasteiger partial charge in [-0.2, -0.15) is 15.3 Å². The summed E-state index contributed by atoms with van der Waals surface area (Å²) in [5.74, 6) is -0.174. The van der Waals surface area contributed by atoms with E-state index in [2.05, 4.69) is 25.6 Å². The Kier molecular flexibility index (Phi) is 4.68. The lowest BCUT2D eigenvalue weighted by Gasteiger charge is -2.19. The fraction of sp³-hybridized carbons (Fsp3) is 0.188. The number of aryl methyl sites for hydroxylation is 1. The van der Waals surface area contributed by atoms with Crippen LogP contribution in [0, 0.1) is 0 Å². The molecule has 0 unspecified atom stereocenters. The van der Waals surface area contributed by atoms with Crippen LogP contribution in [0.4, 0.5) is 0 Å². The van der Waals surface area contributed by atoms with Gasteiger partial charge in [0.1, 0.15) is 12.7 Å². The number of hydrogen-bond acceptors (Lipinski definition) is 5. The van der Waals surface area contributed by atoms with Crippen molar-refractivity contribution in [2.45, 2.75) is 19.0 Å². The maximum atomic E-state index is 12.4. The highest BCUT2D eigenvalue weighted by molar-refractivity contribution is 5.94. The van der Waals surface area contributed by atoms with Gasteiger partial charge in [-0.15, -0.1) is 0 Å². The predicted octanol–water partition coefficient (Wildman–Crippen LogP) is 1.63. The van der Waals surface area contributed by atoms with Crippen LogP contribution >= 0.6 is 0 Å². The first kappa shape index (κ1) is 14.8. The van der Waals surface area contributed by atoms with Crippen LogP contribution in [0.15, 0.2) is 61.4 Å². The molecule has 2 heterocycles. The number of amides is 1. The summed E-state index contributed by atoms with van der Waals surface area (Å²) in [6, 6.07) is 11.4. The Bertz CT molecular complexity index is 730. The maximum absolute atomic E-state index is 12.4. The first-order valence-electron chi connectivity index (χ1n) is 7.28. The van der Waals surface area contributed by atoms with Gasteiger partial charge < -0.3 is 5.32 Å². The summed E-state index contributed by atoms with van der Waals surface area (Å²) in [7, 11) is 0. The van der Waals surface area contributed by atoms with Crippen molar-refractivity contribution < 1.29 is 4.79 Å². The van der Waals surface area contributed by atoms with E-state index in [1.54, 1.807) is 17.1 Å². The summed E-state index contributed by atoms with van der Waals surface area (Å²) in [6.45, 7) is 0.661. The van der Waals surface area contributed by atoms with Crippen LogP contribution in [0.2, 0.25) is 0 Å². The van der Waals surface area contributed by atoms with E-state index in [-0.39, 0.29) is 11.9 Å². The Balaban J connectivity index is 1.73. The van der Waals surface area contributed by atoms with Crippen molar-refractivity contribution in [1.29, 1.82) is 0 Å². The van der Waals surface area contributed by atoms with Crippen molar-refractivity contribution in [2.75, 3.05) is 0 Å². The molecule has 0 aliphatic rings. The van der Waals surface area contributed by atoms with Gasteiger partial charge in [0, 0.05) is 6.54 Å². The van der Waals surface area contributed by atoms with Gasteiger partial charge in [0.15, 0.2) is 0 Å². The van der Waals surface area contributed by atoms with Gasteiger partial charge in [-0.05, 0) is 18.1 Å². The first-order valence-corrected chi connectivity index (χ1v) is 7.28. The van der Waals surface area contributed by atoms with Gasteiger partial charge in [0.2, 0.25) is 0 Å². The normalized spacial score (nSPS) is 11.8. The molecule has 1 N–H and O–H groups in total. The van der Waals surface area contributed by atoms with Crippen molar-refractivity contribution >= 4 is 5.91 Å². The Morgan fingerprint density at radius 3 is 2.74 bits per heavy atom. The van der Waals surface area contributed by atoms with Crippen LogP contribution in [0.1, 0.15) is 28.4 Å². The van der Waals surface area contributed by atoms with Gasteiger partial charge in [0.25, 0.3) is 5.91 Å². The molecule has 0 saturated heterocycles. The smallest absolute Gasteiger partial charge is 0.253 e. The number of nitrogens with one attached hydrogen (secondary N) is 1. The van der Waals surface area contributed by atoms with Crippen LogP contribution in [0.3, 0.4) is 0 Å². The molecule has 3 aromatic rings. The number of aromatic nitrogens is 5. The fourth-order valence-corrected chi connectivity index (χ4v) is 2.28. The molecule has 1 atom stereocenters. The van der Waals surface area contributed by atoms with Gasteiger partial charge in [-0.3, -0.25) is 9.48 Å². The van der Waals surface area contributed by atoms with E-state index in [0.717, 1.165) is 5.56 Å². The average molecular weight is 308 g/mol. The Morgan fingerprint density at radius 2 is 2.04 bits per heavy atom. The minimum Gasteiger partial charge on any atom is -0.345 e. The van der Waals surface area contributed by atoms with Crippen LogP contribution < -0.4 is 5.32 Å². The van der Waals surface area contributed by atoms with E-state index < -0.39 is 0 Å². The average Bonchev–Trinajstić information content (AvgIpc) is 3.13. The van der Waals surface area contributed by atoms with Gasteiger partial charge in [-0.25, -0.2) is 4.98 Å². The second kappa shape index (κ2) is 7.26. The molecular weight excluding hydrogens is 292 g/mol. The third-order valence-corrected chi connectivity index (χ3v) is 3.47. The number of benzene rings is 1. The lowest BCUT2D eigenvalue weighted by Crippen LogP contribution is -2.29. The minimum absolute atomic E-state index is 0.124. The summed E-state index contributed by atoms with van der Waals surface area (Å²) in [4.78, 5) is 16.3. The largest absolute Gasteiger partial charge is 0.345 e. The van der Waals surface area contributed by atoms with Crippen LogP contribution in [0.5, 0.6) is 0 Å². The second-order valence-electron chi connectivity index (χ2n) is 5.02. The van der Waals surface area contributed by atoms with Crippen molar-refractivity contribution in [1.82, 2.24) is 30.3 Å². The molecule has 0 aliphatic heterocycles. The number of hydrogen-bond donors (Lipinski definition) is 1. The van der Waals surface area contributed by atoms with Gasteiger partial charge >= 0.3 is 0 Å². The molecule has 2 aromatic heterocycles. The third-order valence-electron chi connectivity index (χ3n) is 3.47. The second-order valence-corrected chi connectivity index (χ2v) is 5.02. The van der Waals surface area contributed by atoms with Crippen LogP contribution in [-0.2, 0) is 6.54 Å². The fourth-order valence-electron chi connectivity index (χ4n) is 2.28. The summed E-state index contributed by atoms with van der Waals surface area (Å²) < 4.78 is 1.75. The molecular formula is C16H16N6O. The molecule has 0 radical (unpaired) electrons. The summed E-state index contributed by atoms with van der Waals surface area (Å²) in [6.07, 6.45) is 6.82. The maximum Gasteiger partial charge on any atom is 0.253 e. The zero-order chi connectivity index (χ0) is 15.9. The molecule has 0 saturated carbocycles. The molecule has 23 heavy (non-hydrogen) atoms. The lowest BCUT2D eigenvalue weighted by molar-refractivity contribution is 0.0932. The molecule has 0 fully saturated rings. The topological polar surface area (TPSA) is 85.6 Å². The van der Waals surface area contributed by atoms with E-state index in [0.29, 0.717) is 18.5 Å². The standard InChI is InChI=1S/C16H16N6O/c23-16(14-6-8-18-19-10-14)21-15(13-4-2-1-3-5-13)7-9-22-12-17-11-20-22/h1-6,8,10-12,15H,7,9H2,(H,21,23)/t15-/m1/s1. The minimum atomic E-state index is -0.174. The third kappa shape index (κ3) is 3.97. The lowest BCUT2D eigenvalue weighted by atomic mass is 10.0. The molecule has 3 rings (SSSR count). The number of nitrogens with zero attached hydrogens (tertiary/aromatic N) is 5. The Morgan fingerprint density at radius 1 is 1.17 bits per heavy atom. The number of carbonyl (C=O) groups excluding carboxylic acids is 1. The highest BCUT2D eigenvalue weighted by Crippen LogP contribution is 2.18. The number of carbonyl (C=O) groups is 1. The van der Waals surface area contributed by atoms with E-state index >= 15 is 0 Å². The SMILES string of the molecule is O=C(N[C@H](CCn1cncn1)c1ccccc1)c1ccnnc1. The highest BCUT2D eigenvalue weighted by Gasteiger charge is 2.16. The molecule has 0 bridgehead atoms. The molecule has 7 heteroatoms. The Hall–Kier alpha value is -3.09. The molecule has 1 aromatic carbocycles. The van der Waals surface area contributed by atoms with Crippen molar-refractivity contribution in [2.24, 2.45) is 0 Å². The van der Waals surface area contributed by atoms with E-state index in [4.69, 9.17) is 0 Å². The molecule has 1 amide bonds. The first-order chi connectivity index (χ1) is 11.3. The summed E-state index contributed by atoms with van der Waals surface area (Å²) in [5, 5.41) is 14.6. The predicted molar refractivity (Wildman–Crippen MR) is 83.3 cm³/mol. The molecule has 0 spiro atoms. The van der Waals surface area contributed by atoms with Crippen LogP contribution in [0.25, 0.3) is 0 Å². The Labute approximate surface area is 133 Å². The quantitative estimate of drug-likeness (QED) is 0.748. The zero-order valence-electron chi connectivity index (χ0n) is 12.4. The van der Waals surface area contributed by atoms with Crippen molar-refractivity contribution in [3.8, 4) is 0 Å². The van der Waals surface area contributed by atoms with Crippen LogP contribution in [-0.4, -0.2) is 30.9 Å². The van der Waals surface area contributed by atoms with E-state index in [9.17, 15) is 4.79 Å². The zero-order valence-corrected chi connectivity index (χ0v) is 12.4. The van der Waals surface area contributed by atoms with E-state index in [1.165, 1.54) is 18.7 Å². The monoisotopic (exact) mass is 308 g/mol. The van der Waals surface area contributed by atoms with E-state index in [1.807, 2.05) is 30.3 Å². The van der Waals surface area contributed by atoms with Crippen molar-refractivity contribution in [3.05, 3.63) is 72.6 Å². The number of rotatable bonds is 6. The summed E-state index contributed by atoms with van der Waals surface area (Å²) >= 11 is 0. The molecule has 116 valence electrons. The molecule has 7 nitrogen and oxygen atoms in total. The summed E-state index contributed by atoms with van der Waals surface area (Å²) in [5.41, 5.74) is 1.53. The van der Waals surface area contributed by atoms with Gasteiger partial charge in [0.05, 0.1) is 24.0 Å². The van der Waals surface area contributed by atoms with Crippen molar-refractivity contribution in [3.63, 3.8) is 0 Å².